The van der Waals surface area contributed by atoms with Crippen LogP contribution in [0.1, 0.15) is 10.4 Å². The maximum Gasteiger partial charge on any atom is 0.253 e. The minimum Gasteiger partial charge on any atom is -0.497 e. The van der Waals surface area contributed by atoms with Gasteiger partial charge in [0.05, 0.1) is 23.7 Å². The summed E-state index contributed by atoms with van der Waals surface area (Å²) in [5.74, 6) is 0.515. The van der Waals surface area contributed by atoms with Gasteiger partial charge < -0.3 is 15.0 Å². The number of nitrogens with zero attached hydrogens (tertiary/aromatic N) is 2. The molecule has 0 atom stereocenters. The first-order valence-corrected chi connectivity index (χ1v) is 7.89. The van der Waals surface area contributed by atoms with Crippen molar-refractivity contribution >= 4 is 52.5 Å². The topological polar surface area (TPSA) is 54.5 Å². The number of nitrogens with one attached hydrogen (secondary N) is 1. The van der Waals surface area contributed by atoms with E-state index in [0.29, 0.717) is 23.4 Å². The largest absolute Gasteiger partial charge is 0.497 e. The highest BCUT2D eigenvalue weighted by Gasteiger charge is 2.14. The number of fused-ring (bicyclic) bond motifs is 2. The highest BCUT2D eigenvalue weighted by atomic mass is 35.5. The van der Waals surface area contributed by atoms with Crippen LogP contribution in [0.2, 0.25) is 0 Å². The van der Waals surface area contributed by atoms with Crippen LogP contribution in [0, 0.1) is 0 Å². The molecule has 140 valence electrons. The highest BCUT2D eigenvalue weighted by molar-refractivity contribution is 6.08. The number of hydrogen-bond acceptors (Lipinski definition) is 4. The van der Waals surface area contributed by atoms with Crippen molar-refractivity contribution in [2.45, 2.75) is 0 Å². The molecule has 3 rings (SSSR count). The van der Waals surface area contributed by atoms with E-state index in [0.717, 1.165) is 22.8 Å². The second-order valence-corrected chi connectivity index (χ2v) is 5.99. The number of pyridine rings is 1. The van der Waals surface area contributed by atoms with Crippen LogP contribution in [0.3, 0.4) is 0 Å². The average molecular weight is 396 g/mol. The van der Waals surface area contributed by atoms with Crippen molar-refractivity contribution in [2.24, 2.45) is 0 Å². The molecule has 3 aromatic rings. The number of carbonyl (C=O) groups is 1. The number of amides is 1. The van der Waals surface area contributed by atoms with E-state index >= 15 is 0 Å². The third-order valence-electron chi connectivity index (χ3n) is 3.92. The molecule has 2 aromatic carbocycles. The number of halogens is 2. The second kappa shape index (κ2) is 9.57. The van der Waals surface area contributed by atoms with Crippen LogP contribution in [-0.2, 0) is 0 Å². The number of ether oxygens (including phenoxy) is 1. The first-order valence-electron chi connectivity index (χ1n) is 7.89. The zero-order valence-corrected chi connectivity index (χ0v) is 16.6. The van der Waals surface area contributed by atoms with Gasteiger partial charge in [-0.05, 0) is 38.4 Å². The lowest BCUT2D eigenvalue weighted by atomic mass is 10.1. The van der Waals surface area contributed by atoms with Crippen molar-refractivity contribution in [3.8, 4) is 5.75 Å². The van der Waals surface area contributed by atoms with E-state index in [9.17, 15) is 4.79 Å². The van der Waals surface area contributed by atoms with E-state index in [-0.39, 0.29) is 30.7 Å². The first-order chi connectivity index (χ1) is 11.6. The summed E-state index contributed by atoms with van der Waals surface area (Å²) in [6.07, 6.45) is 0. The summed E-state index contributed by atoms with van der Waals surface area (Å²) in [5, 5.41) is 4.88. The van der Waals surface area contributed by atoms with Gasteiger partial charge in [0.25, 0.3) is 5.91 Å². The molecule has 26 heavy (non-hydrogen) atoms. The predicted octanol–water partition coefficient (Wildman–Crippen LogP) is 3.53. The lowest BCUT2D eigenvalue weighted by molar-refractivity contribution is 0.0952. The fraction of sp³-hybridized carbons (Fsp3) is 0.263. The molecule has 1 amide bonds. The lowest BCUT2D eigenvalue weighted by Crippen LogP contribution is -2.31. The number of hydrogen-bond donors (Lipinski definition) is 1. The van der Waals surface area contributed by atoms with E-state index in [2.05, 4.69) is 5.32 Å². The predicted molar refractivity (Wildman–Crippen MR) is 111 cm³/mol. The summed E-state index contributed by atoms with van der Waals surface area (Å²) >= 11 is 0. The fourth-order valence-electron chi connectivity index (χ4n) is 2.64. The molecule has 0 saturated heterocycles. The van der Waals surface area contributed by atoms with Gasteiger partial charge in [0.1, 0.15) is 5.75 Å². The van der Waals surface area contributed by atoms with Gasteiger partial charge >= 0.3 is 0 Å². The van der Waals surface area contributed by atoms with Crippen LogP contribution >= 0.6 is 24.8 Å². The molecular weight excluding hydrogens is 373 g/mol. The number of para-hydroxylation sites is 1. The maximum atomic E-state index is 12.6. The van der Waals surface area contributed by atoms with Gasteiger partial charge in [0.2, 0.25) is 0 Å². The van der Waals surface area contributed by atoms with Gasteiger partial charge in [0, 0.05) is 23.9 Å². The van der Waals surface area contributed by atoms with Crippen LogP contribution in [0.25, 0.3) is 21.8 Å². The number of methoxy groups -OCH3 is 1. The van der Waals surface area contributed by atoms with Crippen molar-refractivity contribution in [1.82, 2.24) is 15.2 Å². The Bertz CT molecular complexity index is 900. The molecule has 0 aliphatic rings. The summed E-state index contributed by atoms with van der Waals surface area (Å²) < 4.78 is 5.35. The Morgan fingerprint density at radius 1 is 1.12 bits per heavy atom. The fourth-order valence-corrected chi connectivity index (χ4v) is 2.64. The van der Waals surface area contributed by atoms with Gasteiger partial charge in [-0.15, -0.1) is 24.8 Å². The monoisotopic (exact) mass is 395 g/mol. The molecular formula is C19H23Cl2N3O2. The second-order valence-electron chi connectivity index (χ2n) is 5.99. The third-order valence-corrected chi connectivity index (χ3v) is 3.92. The van der Waals surface area contributed by atoms with Crippen LogP contribution in [0.15, 0.2) is 42.5 Å². The summed E-state index contributed by atoms with van der Waals surface area (Å²) in [4.78, 5) is 19.3. The summed E-state index contributed by atoms with van der Waals surface area (Å²) in [6, 6.07) is 13.6. The Morgan fingerprint density at radius 3 is 2.54 bits per heavy atom. The van der Waals surface area contributed by atoms with Crippen LogP contribution in [-0.4, -0.2) is 50.1 Å². The lowest BCUT2D eigenvalue weighted by Gasteiger charge is -2.13. The summed E-state index contributed by atoms with van der Waals surface area (Å²) in [6.45, 7) is 1.36. The van der Waals surface area contributed by atoms with Crippen molar-refractivity contribution < 1.29 is 9.53 Å². The molecule has 1 heterocycles. The summed E-state index contributed by atoms with van der Waals surface area (Å²) in [5.41, 5.74) is 2.10. The van der Waals surface area contributed by atoms with Crippen molar-refractivity contribution in [3.05, 3.63) is 48.0 Å². The van der Waals surface area contributed by atoms with E-state index in [1.807, 2.05) is 55.4 Å². The molecule has 0 unspecified atom stereocenters. The highest BCUT2D eigenvalue weighted by Crippen LogP contribution is 2.27. The van der Waals surface area contributed by atoms with Gasteiger partial charge in [-0.2, -0.15) is 0 Å². The number of aromatic nitrogens is 1. The van der Waals surface area contributed by atoms with Crippen LogP contribution in [0.4, 0.5) is 0 Å². The van der Waals surface area contributed by atoms with Crippen LogP contribution in [0.5, 0.6) is 5.75 Å². The Morgan fingerprint density at radius 2 is 1.85 bits per heavy atom. The standard InChI is InChI=1S/C19H21N3O2.2ClH/c1-22(2)9-8-20-19(23)16-12-15(24-3)11-14-10-13-6-4-5-7-17(13)21-18(14)16;;/h4-7,10-12H,8-9H2,1-3H3,(H,20,23);2*1H. The number of carbonyl (C=O) groups excluding carboxylic acids is 1. The van der Waals surface area contributed by atoms with Crippen molar-refractivity contribution in [1.29, 1.82) is 0 Å². The van der Waals surface area contributed by atoms with Gasteiger partial charge in [0.15, 0.2) is 0 Å². The van der Waals surface area contributed by atoms with E-state index < -0.39 is 0 Å². The normalized spacial score (nSPS) is 10.3. The zero-order chi connectivity index (χ0) is 17.1. The first kappa shape index (κ1) is 22.0. The molecule has 0 aliphatic carbocycles. The van der Waals surface area contributed by atoms with Crippen LogP contribution < -0.4 is 10.1 Å². The third kappa shape index (κ3) is 4.75. The minimum absolute atomic E-state index is 0. The summed E-state index contributed by atoms with van der Waals surface area (Å²) in [7, 11) is 5.55. The Kier molecular flexibility index (Phi) is 8.08. The van der Waals surface area contributed by atoms with E-state index in [1.54, 1.807) is 13.2 Å². The minimum atomic E-state index is -0.136. The molecule has 0 saturated carbocycles. The Labute approximate surface area is 165 Å². The molecule has 1 aromatic heterocycles. The molecule has 0 spiro atoms. The van der Waals surface area contributed by atoms with Crippen molar-refractivity contribution in [3.63, 3.8) is 0 Å². The van der Waals surface area contributed by atoms with E-state index in [4.69, 9.17) is 9.72 Å². The molecule has 7 heteroatoms. The Hall–Kier alpha value is -2.08. The number of likely N-dealkylation sites (N-methyl/N-ethyl adjacent to an activating group) is 1. The SMILES string of the molecule is COc1cc(C(=O)NCCN(C)C)c2nc3ccccc3cc2c1.Cl.Cl. The molecule has 5 nitrogen and oxygen atoms in total. The van der Waals surface area contributed by atoms with Gasteiger partial charge in [-0.3, -0.25) is 4.79 Å². The number of rotatable bonds is 5. The van der Waals surface area contributed by atoms with Crippen molar-refractivity contribution in [2.75, 3.05) is 34.3 Å². The molecule has 0 radical (unpaired) electrons. The Balaban J connectivity index is 0.00000169. The molecule has 0 aliphatic heterocycles. The number of benzene rings is 2. The zero-order valence-electron chi connectivity index (χ0n) is 15.0. The molecule has 0 fully saturated rings. The van der Waals surface area contributed by atoms with Gasteiger partial charge in [-0.25, -0.2) is 4.98 Å². The maximum absolute atomic E-state index is 12.6. The molecule has 1 N–H and O–H groups in total. The van der Waals surface area contributed by atoms with E-state index in [1.165, 1.54) is 0 Å². The van der Waals surface area contributed by atoms with Gasteiger partial charge in [-0.1, -0.05) is 18.2 Å². The quantitative estimate of drug-likeness (QED) is 0.671. The average Bonchev–Trinajstić information content (AvgIpc) is 2.58. The smallest absolute Gasteiger partial charge is 0.253 e. The molecule has 0 bridgehead atoms.